The van der Waals surface area contributed by atoms with E-state index in [1.54, 1.807) is 6.07 Å². The number of nitrogens with one attached hydrogen (secondary N) is 1. The molecule has 0 saturated carbocycles. The van der Waals surface area contributed by atoms with Crippen molar-refractivity contribution in [2.24, 2.45) is 0 Å². The lowest BCUT2D eigenvalue weighted by atomic mass is 10.1. The van der Waals surface area contributed by atoms with Gasteiger partial charge in [0.15, 0.2) is 0 Å². The van der Waals surface area contributed by atoms with E-state index in [4.69, 9.17) is 11.6 Å². The number of nitrogens with zero attached hydrogens (tertiary/aromatic N) is 1. The van der Waals surface area contributed by atoms with Crippen molar-refractivity contribution in [2.75, 3.05) is 17.6 Å². The van der Waals surface area contributed by atoms with E-state index in [-0.39, 0.29) is 22.7 Å². The molecule has 0 saturated heterocycles. The Bertz CT molecular complexity index is 870. The Balaban J connectivity index is 2.05. The van der Waals surface area contributed by atoms with Crippen molar-refractivity contribution < 1.29 is 13.2 Å². The number of rotatable bonds is 7. The van der Waals surface area contributed by atoms with Crippen molar-refractivity contribution in [2.45, 2.75) is 25.8 Å². The number of anilines is 1. The van der Waals surface area contributed by atoms with Crippen LogP contribution in [0.4, 0.5) is 5.69 Å². The third-order valence-electron chi connectivity index (χ3n) is 4.13. The van der Waals surface area contributed by atoms with Crippen LogP contribution in [0.5, 0.6) is 0 Å². The highest BCUT2D eigenvalue weighted by atomic mass is 35.5. The molecule has 140 valence electrons. The molecule has 2 rings (SSSR count). The molecule has 0 aromatic heterocycles. The molecule has 0 aliphatic carbocycles. The second-order valence-electron chi connectivity index (χ2n) is 6.30. The lowest BCUT2D eigenvalue weighted by Crippen LogP contribution is -2.33. The van der Waals surface area contributed by atoms with Crippen LogP contribution in [-0.4, -0.2) is 33.7 Å². The molecule has 0 aliphatic heterocycles. The van der Waals surface area contributed by atoms with Gasteiger partial charge in [-0.25, -0.2) is 8.42 Å². The van der Waals surface area contributed by atoms with E-state index in [1.165, 1.54) is 24.7 Å². The number of amides is 1. The molecular formula is C19H23ClN2O3S. The first-order valence-electron chi connectivity index (χ1n) is 8.26. The van der Waals surface area contributed by atoms with Gasteiger partial charge in [0.05, 0.1) is 17.0 Å². The Kier molecular flexibility index (Phi) is 6.67. The standard InChI is InChI=1S/C19H23ClN2O3S/c1-14(9-10-15-7-5-4-6-8-15)21-19(23)16-11-12-17(20)18(13-16)22(2)26(3,24)25/h4-8,11-14H,9-10H2,1-3H3,(H,21,23). The van der Waals surface area contributed by atoms with E-state index in [9.17, 15) is 13.2 Å². The highest BCUT2D eigenvalue weighted by molar-refractivity contribution is 7.92. The van der Waals surface area contributed by atoms with E-state index in [2.05, 4.69) is 17.4 Å². The van der Waals surface area contributed by atoms with Crippen LogP contribution < -0.4 is 9.62 Å². The second-order valence-corrected chi connectivity index (χ2v) is 8.72. The number of halogens is 1. The molecule has 0 aliphatic rings. The van der Waals surface area contributed by atoms with Gasteiger partial charge in [-0.3, -0.25) is 9.10 Å². The van der Waals surface area contributed by atoms with Crippen LogP contribution in [0.25, 0.3) is 0 Å². The molecule has 26 heavy (non-hydrogen) atoms. The molecule has 0 bridgehead atoms. The number of carbonyl (C=O) groups excluding carboxylic acids is 1. The minimum Gasteiger partial charge on any atom is -0.350 e. The van der Waals surface area contributed by atoms with Crippen molar-refractivity contribution in [3.8, 4) is 0 Å². The van der Waals surface area contributed by atoms with Gasteiger partial charge in [-0.2, -0.15) is 0 Å². The summed E-state index contributed by atoms with van der Waals surface area (Å²) in [5.74, 6) is -0.259. The summed E-state index contributed by atoms with van der Waals surface area (Å²) in [4.78, 5) is 12.5. The first-order chi connectivity index (χ1) is 12.2. The lowest BCUT2D eigenvalue weighted by molar-refractivity contribution is 0.0938. The Morgan fingerprint density at radius 3 is 2.46 bits per heavy atom. The number of hydrogen-bond acceptors (Lipinski definition) is 3. The average molecular weight is 395 g/mol. The molecule has 2 aromatic rings. The highest BCUT2D eigenvalue weighted by Gasteiger charge is 2.18. The Morgan fingerprint density at radius 2 is 1.85 bits per heavy atom. The molecule has 5 nitrogen and oxygen atoms in total. The summed E-state index contributed by atoms with van der Waals surface area (Å²) in [5, 5.41) is 3.21. The summed E-state index contributed by atoms with van der Waals surface area (Å²) >= 11 is 6.09. The molecular weight excluding hydrogens is 372 g/mol. The molecule has 0 fully saturated rings. The van der Waals surface area contributed by atoms with Gasteiger partial charge in [0, 0.05) is 18.7 Å². The van der Waals surface area contributed by atoms with Gasteiger partial charge >= 0.3 is 0 Å². The minimum absolute atomic E-state index is 0.0190. The largest absolute Gasteiger partial charge is 0.350 e. The van der Waals surface area contributed by atoms with Crippen molar-refractivity contribution in [1.82, 2.24) is 5.32 Å². The van der Waals surface area contributed by atoms with Crippen molar-refractivity contribution >= 4 is 33.2 Å². The van der Waals surface area contributed by atoms with Crippen LogP contribution in [0.2, 0.25) is 5.02 Å². The number of benzene rings is 2. The van der Waals surface area contributed by atoms with Gasteiger partial charge in [-0.15, -0.1) is 0 Å². The van der Waals surface area contributed by atoms with Crippen LogP contribution in [0, 0.1) is 0 Å². The summed E-state index contributed by atoms with van der Waals surface area (Å²) in [6.45, 7) is 1.94. The summed E-state index contributed by atoms with van der Waals surface area (Å²) in [6.07, 6.45) is 2.76. The molecule has 0 spiro atoms. The number of sulfonamides is 1. The van der Waals surface area contributed by atoms with Crippen LogP contribution in [0.3, 0.4) is 0 Å². The molecule has 1 N–H and O–H groups in total. The summed E-state index contributed by atoms with van der Waals surface area (Å²) < 4.78 is 24.5. The Hall–Kier alpha value is -2.05. The van der Waals surface area contributed by atoms with E-state index in [0.29, 0.717) is 5.56 Å². The average Bonchev–Trinajstić information content (AvgIpc) is 2.60. The third kappa shape index (κ3) is 5.47. The quantitative estimate of drug-likeness (QED) is 0.781. The normalized spacial score (nSPS) is 12.5. The second kappa shape index (κ2) is 8.56. The lowest BCUT2D eigenvalue weighted by Gasteiger charge is -2.19. The molecule has 0 heterocycles. The number of aryl methyl sites for hydroxylation is 1. The van der Waals surface area contributed by atoms with Crippen LogP contribution in [-0.2, 0) is 16.4 Å². The van der Waals surface area contributed by atoms with E-state index < -0.39 is 10.0 Å². The third-order valence-corrected chi connectivity index (χ3v) is 5.64. The fraction of sp³-hybridized carbons (Fsp3) is 0.316. The van der Waals surface area contributed by atoms with Gasteiger partial charge in [0.2, 0.25) is 10.0 Å². The molecule has 1 amide bonds. The van der Waals surface area contributed by atoms with Crippen molar-refractivity contribution in [1.29, 1.82) is 0 Å². The van der Waals surface area contributed by atoms with Crippen molar-refractivity contribution in [3.05, 3.63) is 64.7 Å². The predicted molar refractivity (Wildman–Crippen MR) is 106 cm³/mol. The Labute approximate surface area is 160 Å². The fourth-order valence-electron chi connectivity index (χ4n) is 2.48. The number of hydrogen-bond donors (Lipinski definition) is 1. The maximum absolute atomic E-state index is 12.5. The Morgan fingerprint density at radius 1 is 1.19 bits per heavy atom. The number of carbonyl (C=O) groups is 1. The van der Waals surface area contributed by atoms with Gasteiger partial charge < -0.3 is 5.32 Å². The summed E-state index contributed by atoms with van der Waals surface area (Å²) in [6, 6.07) is 14.7. The first-order valence-corrected chi connectivity index (χ1v) is 10.5. The van der Waals surface area contributed by atoms with Crippen LogP contribution >= 0.6 is 11.6 Å². The van der Waals surface area contributed by atoms with E-state index in [0.717, 1.165) is 23.4 Å². The first kappa shape index (κ1) is 20.3. The molecule has 0 radical (unpaired) electrons. The van der Waals surface area contributed by atoms with Crippen molar-refractivity contribution in [3.63, 3.8) is 0 Å². The zero-order chi connectivity index (χ0) is 19.3. The monoisotopic (exact) mass is 394 g/mol. The van der Waals surface area contributed by atoms with Crippen LogP contribution in [0.1, 0.15) is 29.3 Å². The minimum atomic E-state index is -3.47. The van der Waals surface area contributed by atoms with Crippen LogP contribution in [0.15, 0.2) is 48.5 Å². The predicted octanol–water partition coefficient (Wildman–Crippen LogP) is 3.49. The smallest absolute Gasteiger partial charge is 0.251 e. The topological polar surface area (TPSA) is 66.5 Å². The highest BCUT2D eigenvalue weighted by Crippen LogP contribution is 2.27. The zero-order valence-electron chi connectivity index (χ0n) is 15.1. The SMILES string of the molecule is CC(CCc1ccccc1)NC(=O)c1ccc(Cl)c(N(C)S(C)(=O)=O)c1. The molecule has 2 aromatic carbocycles. The summed E-state index contributed by atoms with van der Waals surface area (Å²) in [5.41, 5.74) is 1.86. The zero-order valence-corrected chi connectivity index (χ0v) is 16.6. The van der Waals surface area contributed by atoms with E-state index in [1.807, 2.05) is 25.1 Å². The van der Waals surface area contributed by atoms with Gasteiger partial charge in [-0.1, -0.05) is 41.9 Å². The van der Waals surface area contributed by atoms with Gasteiger partial charge in [0.1, 0.15) is 0 Å². The fourth-order valence-corrected chi connectivity index (χ4v) is 3.28. The maximum atomic E-state index is 12.5. The maximum Gasteiger partial charge on any atom is 0.251 e. The molecule has 7 heteroatoms. The van der Waals surface area contributed by atoms with E-state index >= 15 is 0 Å². The summed E-state index contributed by atoms with van der Waals surface area (Å²) in [7, 11) is -2.06. The molecule has 1 atom stereocenters. The van der Waals surface area contributed by atoms with Gasteiger partial charge in [-0.05, 0) is 43.5 Å². The van der Waals surface area contributed by atoms with Gasteiger partial charge in [0.25, 0.3) is 5.91 Å². The molecule has 1 unspecified atom stereocenters.